The molecule has 1 aromatic rings. The maximum absolute atomic E-state index is 11.2. The van der Waals surface area contributed by atoms with E-state index in [9.17, 15) is 9.59 Å². The van der Waals surface area contributed by atoms with E-state index >= 15 is 0 Å². The standard InChI is InChI=1S/C9H13N5O3/c1-11-8(15)6-2-3-7(14-13-6)12-4-5-17-9(10)16/h2-3H,4-5H2,1H3,(H2,10,16)(H,11,15)(H,12,14). The number of amides is 2. The number of carbonyl (C=O) groups is 2. The predicted octanol–water partition coefficient (Wildman–Crippen LogP) is -0.657. The number of nitrogens with two attached hydrogens (primary N) is 1. The highest BCUT2D eigenvalue weighted by Gasteiger charge is 2.04. The second-order valence-electron chi connectivity index (χ2n) is 2.98. The lowest BCUT2D eigenvalue weighted by Gasteiger charge is -2.05. The van der Waals surface area contributed by atoms with Gasteiger partial charge in [-0.3, -0.25) is 4.79 Å². The van der Waals surface area contributed by atoms with Gasteiger partial charge in [-0.2, -0.15) is 0 Å². The Morgan fingerprint density at radius 2 is 2.18 bits per heavy atom. The van der Waals surface area contributed by atoms with Gasteiger partial charge in [0.25, 0.3) is 5.91 Å². The molecule has 8 heteroatoms. The third-order valence-electron chi connectivity index (χ3n) is 1.78. The lowest BCUT2D eigenvalue weighted by Crippen LogP contribution is -2.20. The minimum atomic E-state index is -0.826. The number of nitrogens with zero attached hydrogens (tertiary/aromatic N) is 2. The van der Waals surface area contributed by atoms with Gasteiger partial charge in [0, 0.05) is 7.05 Å². The molecule has 4 N–H and O–H groups in total. The first-order valence-corrected chi connectivity index (χ1v) is 4.85. The summed E-state index contributed by atoms with van der Waals surface area (Å²) in [5.41, 5.74) is 5.01. The van der Waals surface area contributed by atoms with Gasteiger partial charge in [0.1, 0.15) is 12.4 Å². The second kappa shape index (κ2) is 6.26. The summed E-state index contributed by atoms with van der Waals surface area (Å²) in [6, 6.07) is 3.13. The van der Waals surface area contributed by atoms with E-state index in [-0.39, 0.29) is 18.2 Å². The number of ether oxygens (including phenoxy) is 1. The molecule has 0 radical (unpaired) electrons. The smallest absolute Gasteiger partial charge is 0.404 e. The molecule has 2 amide bonds. The molecule has 1 rings (SSSR count). The Hall–Kier alpha value is -2.38. The molecule has 17 heavy (non-hydrogen) atoms. The molecule has 0 aliphatic rings. The molecular weight excluding hydrogens is 226 g/mol. The monoisotopic (exact) mass is 239 g/mol. The first-order chi connectivity index (χ1) is 8.13. The van der Waals surface area contributed by atoms with Crippen molar-refractivity contribution in [3.63, 3.8) is 0 Å². The van der Waals surface area contributed by atoms with Crippen LogP contribution in [0.3, 0.4) is 0 Å². The third kappa shape index (κ3) is 4.33. The van der Waals surface area contributed by atoms with E-state index in [1.807, 2.05) is 0 Å². The number of rotatable bonds is 5. The van der Waals surface area contributed by atoms with Crippen molar-refractivity contribution in [3.05, 3.63) is 17.8 Å². The Labute approximate surface area is 97.5 Å². The molecule has 0 saturated carbocycles. The number of hydrogen-bond acceptors (Lipinski definition) is 6. The molecule has 0 aliphatic carbocycles. The summed E-state index contributed by atoms with van der Waals surface area (Å²) in [7, 11) is 1.51. The van der Waals surface area contributed by atoms with Crippen LogP contribution in [0, 0.1) is 0 Å². The molecule has 0 bridgehead atoms. The van der Waals surface area contributed by atoms with E-state index in [2.05, 4.69) is 25.6 Å². The summed E-state index contributed by atoms with van der Waals surface area (Å²) in [5, 5.41) is 12.8. The summed E-state index contributed by atoms with van der Waals surface area (Å²) in [4.78, 5) is 21.4. The van der Waals surface area contributed by atoms with Gasteiger partial charge in [-0.1, -0.05) is 0 Å². The molecule has 0 aromatic carbocycles. The summed E-state index contributed by atoms with van der Waals surface area (Å²) in [6.07, 6.45) is -0.826. The number of nitrogens with one attached hydrogen (secondary N) is 2. The van der Waals surface area contributed by atoms with E-state index in [1.54, 1.807) is 6.07 Å². The van der Waals surface area contributed by atoms with Crippen molar-refractivity contribution in [1.82, 2.24) is 15.5 Å². The third-order valence-corrected chi connectivity index (χ3v) is 1.78. The van der Waals surface area contributed by atoms with E-state index in [0.29, 0.717) is 12.4 Å². The van der Waals surface area contributed by atoms with Crippen LogP contribution in [0.15, 0.2) is 12.1 Å². The first-order valence-electron chi connectivity index (χ1n) is 4.85. The first kappa shape index (κ1) is 12.7. The van der Waals surface area contributed by atoms with Crippen LogP contribution in [-0.4, -0.2) is 42.4 Å². The highest BCUT2D eigenvalue weighted by atomic mass is 16.5. The average molecular weight is 239 g/mol. The Morgan fingerprint density at radius 3 is 2.71 bits per heavy atom. The van der Waals surface area contributed by atoms with E-state index < -0.39 is 6.09 Å². The number of aromatic nitrogens is 2. The molecular formula is C9H13N5O3. The van der Waals surface area contributed by atoms with Gasteiger partial charge >= 0.3 is 6.09 Å². The van der Waals surface area contributed by atoms with Crippen LogP contribution in [0.4, 0.5) is 10.6 Å². The average Bonchev–Trinajstić information content (AvgIpc) is 2.34. The number of primary amides is 1. The van der Waals surface area contributed by atoms with Gasteiger partial charge in [0.05, 0.1) is 6.54 Å². The fourth-order valence-corrected chi connectivity index (χ4v) is 1.01. The van der Waals surface area contributed by atoms with Gasteiger partial charge < -0.3 is 21.1 Å². The molecule has 0 unspecified atom stereocenters. The lowest BCUT2D eigenvalue weighted by molar-refractivity contribution is 0.0957. The maximum atomic E-state index is 11.2. The summed E-state index contributed by atoms with van der Waals surface area (Å²) >= 11 is 0. The van der Waals surface area contributed by atoms with Crippen molar-refractivity contribution in [2.45, 2.75) is 0 Å². The van der Waals surface area contributed by atoms with Crippen molar-refractivity contribution >= 4 is 17.8 Å². The normalized spacial score (nSPS) is 9.47. The van der Waals surface area contributed by atoms with Crippen molar-refractivity contribution in [2.24, 2.45) is 5.73 Å². The largest absolute Gasteiger partial charge is 0.448 e. The molecule has 0 saturated heterocycles. The van der Waals surface area contributed by atoms with E-state index in [0.717, 1.165) is 0 Å². The quantitative estimate of drug-likeness (QED) is 0.587. The minimum absolute atomic E-state index is 0.133. The van der Waals surface area contributed by atoms with Crippen LogP contribution in [0.2, 0.25) is 0 Å². The van der Waals surface area contributed by atoms with Crippen LogP contribution >= 0.6 is 0 Å². The zero-order valence-electron chi connectivity index (χ0n) is 9.27. The SMILES string of the molecule is CNC(=O)c1ccc(NCCOC(N)=O)nn1. The van der Waals surface area contributed by atoms with Gasteiger partial charge in [0.15, 0.2) is 5.69 Å². The van der Waals surface area contributed by atoms with Crippen molar-refractivity contribution in [2.75, 3.05) is 25.5 Å². The van der Waals surface area contributed by atoms with Crippen LogP contribution in [-0.2, 0) is 4.74 Å². The lowest BCUT2D eigenvalue weighted by atomic mass is 10.3. The number of anilines is 1. The summed E-state index contributed by atoms with van der Waals surface area (Å²) in [6.45, 7) is 0.491. The van der Waals surface area contributed by atoms with Gasteiger partial charge in [-0.25, -0.2) is 4.79 Å². The Kier molecular flexibility index (Phi) is 4.67. The molecule has 0 atom stereocenters. The summed E-state index contributed by atoms with van der Waals surface area (Å²) < 4.78 is 4.51. The van der Waals surface area contributed by atoms with Crippen molar-refractivity contribution in [1.29, 1.82) is 0 Å². The van der Waals surface area contributed by atoms with Gasteiger partial charge in [-0.15, -0.1) is 10.2 Å². The van der Waals surface area contributed by atoms with Crippen molar-refractivity contribution < 1.29 is 14.3 Å². The van der Waals surface area contributed by atoms with Gasteiger partial charge in [0.2, 0.25) is 0 Å². The summed E-state index contributed by atoms with van der Waals surface area (Å²) in [5.74, 6) is 0.173. The second-order valence-corrected chi connectivity index (χ2v) is 2.98. The molecule has 0 aliphatic heterocycles. The van der Waals surface area contributed by atoms with Crippen LogP contribution < -0.4 is 16.4 Å². The van der Waals surface area contributed by atoms with E-state index in [4.69, 9.17) is 5.73 Å². The van der Waals surface area contributed by atoms with Crippen LogP contribution in [0.25, 0.3) is 0 Å². The topological polar surface area (TPSA) is 119 Å². The molecule has 8 nitrogen and oxygen atoms in total. The highest BCUT2D eigenvalue weighted by Crippen LogP contribution is 2.01. The van der Waals surface area contributed by atoms with Crippen LogP contribution in [0.1, 0.15) is 10.5 Å². The molecule has 1 heterocycles. The predicted molar refractivity (Wildman–Crippen MR) is 59.4 cm³/mol. The molecule has 1 aromatic heterocycles. The fourth-order valence-electron chi connectivity index (χ4n) is 1.01. The highest BCUT2D eigenvalue weighted by molar-refractivity contribution is 5.91. The maximum Gasteiger partial charge on any atom is 0.404 e. The number of carbonyl (C=O) groups excluding carboxylic acids is 2. The van der Waals surface area contributed by atoms with E-state index in [1.165, 1.54) is 13.1 Å². The molecule has 0 fully saturated rings. The van der Waals surface area contributed by atoms with Crippen LogP contribution in [0.5, 0.6) is 0 Å². The van der Waals surface area contributed by atoms with Crippen molar-refractivity contribution in [3.8, 4) is 0 Å². The number of hydrogen-bond donors (Lipinski definition) is 3. The minimum Gasteiger partial charge on any atom is -0.448 e. The molecule has 0 spiro atoms. The zero-order chi connectivity index (χ0) is 12.7. The Balaban J connectivity index is 2.40. The Bertz CT molecular complexity index is 392. The fraction of sp³-hybridized carbons (Fsp3) is 0.333. The Morgan fingerprint density at radius 1 is 1.41 bits per heavy atom. The zero-order valence-corrected chi connectivity index (χ0v) is 9.27. The molecule has 92 valence electrons. The van der Waals surface area contributed by atoms with Gasteiger partial charge in [-0.05, 0) is 12.1 Å².